The lowest BCUT2D eigenvalue weighted by molar-refractivity contribution is 0.0696. The number of rotatable bonds is 8. The fourth-order valence-electron chi connectivity index (χ4n) is 7.30. The topological polar surface area (TPSA) is 98.4 Å². The molecule has 7 rings (SSSR count). The Labute approximate surface area is 268 Å². The maximum Gasteiger partial charge on any atom is 0.339 e. The number of aromatic carboxylic acids is 1. The lowest BCUT2D eigenvalue weighted by atomic mass is 9.81. The van der Waals surface area contributed by atoms with E-state index in [2.05, 4.69) is 52.5 Å². The number of nitrogens with zero attached hydrogens (tertiary/aromatic N) is 3. The lowest BCUT2D eigenvalue weighted by Crippen LogP contribution is -2.21. The molecule has 8 nitrogen and oxygen atoms in total. The van der Waals surface area contributed by atoms with Gasteiger partial charge in [0.2, 0.25) is 0 Å². The molecular weight excluding hydrogens is 584 g/mol. The number of carboxylic acids is 1. The quantitative estimate of drug-likeness (QED) is 0.191. The molecule has 45 heavy (non-hydrogen) atoms. The highest BCUT2D eigenvalue weighted by Gasteiger charge is 2.33. The van der Waals surface area contributed by atoms with Crippen LogP contribution >= 0.6 is 11.9 Å². The average Bonchev–Trinajstić information content (AvgIpc) is 3.53. The van der Waals surface area contributed by atoms with Crippen LogP contribution in [-0.2, 0) is 6.54 Å². The summed E-state index contributed by atoms with van der Waals surface area (Å²) in [6.07, 6.45) is 12.6. The zero-order valence-electron chi connectivity index (χ0n) is 26.1. The Morgan fingerprint density at radius 2 is 1.82 bits per heavy atom. The molecule has 1 amide bonds. The largest absolute Gasteiger partial charge is 0.497 e. The van der Waals surface area contributed by atoms with Gasteiger partial charge in [-0.25, -0.2) is 4.79 Å². The number of carbonyl (C=O) groups excluding carboxylic acids is 1. The van der Waals surface area contributed by atoms with E-state index in [0.717, 1.165) is 65.8 Å². The van der Waals surface area contributed by atoms with Crippen LogP contribution in [-0.4, -0.2) is 43.7 Å². The minimum atomic E-state index is -0.978. The summed E-state index contributed by atoms with van der Waals surface area (Å²) >= 11 is 1.42. The molecular formula is C36H40N4O4S. The maximum atomic E-state index is 13.3. The number of hydrogen-bond acceptors (Lipinski definition) is 5. The van der Waals surface area contributed by atoms with Crippen LogP contribution in [0.5, 0.6) is 5.75 Å². The minimum absolute atomic E-state index is 0.115. The number of hydrogen-bond donors (Lipinski definition) is 2. The molecule has 2 saturated carbocycles. The summed E-state index contributed by atoms with van der Waals surface area (Å²) in [5, 5.41) is 16.4. The molecule has 4 aromatic rings. The predicted octanol–water partition coefficient (Wildman–Crippen LogP) is 8.32. The molecule has 9 heteroatoms. The van der Waals surface area contributed by atoms with Gasteiger partial charge in [0.25, 0.3) is 5.91 Å². The summed E-state index contributed by atoms with van der Waals surface area (Å²) in [6, 6.07) is 12.5. The molecule has 0 saturated heterocycles. The fraction of sp³-hybridized carbons (Fsp3) is 0.417. The third kappa shape index (κ3) is 5.35. The molecule has 2 aromatic carbocycles. The van der Waals surface area contributed by atoms with Crippen molar-refractivity contribution in [1.82, 2.24) is 19.1 Å². The number of ether oxygens (including phenoxy) is 1. The number of benzene rings is 2. The van der Waals surface area contributed by atoms with Gasteiger partial charge in [0, 0.05) is 27.3 Å². The van der Waals surface area contributed by atoms with Crippen LogP contribution in [0.15, 0.2) is 42.6 Å². The van der Waals surface area contributed by atoms with Gasteiger partial charge in [-0.2, -0.15) is 5.10 Å². The van der Waals surface area contributed by atoms with E-state index in [1.165, 1.54) is 48.4 Å². The standard InChI is InChI=1S/C36H40N4O4S/c1-21(2)45-38-35(41)23-12-14-29-31(18-23)39-20-25(33-30(36(42)43)19-37-40(33)26-10-7-11-26)16-24-17-27(44-3)13-15-28(24)34(39)32(29)22-8-5-4-6-9-22/h12-19,21-22,26H,4-11,20H2,1-3H3,(H,38,41)(H,42,43). The number of nitrogens with one attached hydrogen (secondary N) is 1. The first-order chi connectivity index (χ1) is 21.8. The molecule has 2 fully saturated rings. The molecule has 0 atom stereocenters. The van der Waals surface area contributed by atoms with Gasteiger partial charge in [0.15, 0.2) is 0 Å². The molecule has 234 valence electrons. The molecule has 1 aliphatic heterocycles. The Balaban J connectivity index is 1.49. The average molecular weight is 625 g/mol. The highest BCUT2D eigenvalue weighted by atomic mass is 32.2. The van der Waals surface area contributed by atoms with Crippen molar-refractivity contribution in [3.8, 4) is 17.0 Å². The van der Waals surface area contributed by atoms with Crippen molar-refractivity contribution >= 4 is 46.4 Å². The first kappa shape index (κ1) is 29.7. The van der Waals surface area contributed by atoms with E-state index in [9.17, 15) is 14.7 Å². The summed E-state index contributed by atoms with van der Waals surface area (Å²) in [6.45, 7) is 4.56. The van der Waals surface area contributed by atoms with Gasteiger partial charge >= 0.3 is 5.97 Å². The Morgan fingerprint density at radius 1 is 1.02 bits per heavy atom. The van der Waals surface area contributed by atoms with Crippen molar-refractivity contribution in [3.63, 3.8) is 0 Å². The van der Waals surface area contributed by atoms with Gasteiger partial charge in [-0.3, -0.25) is 14.2 Å². The van der Waals surface area contributed by atoms with Gasteiger partial charge in [0.1, 0.15) is 11.3 Å². The maximum absolute atomic E-state index is 13.3. The van der Waals surface area contributed by atoms with Gasteiger partial charge < -0.3 is 14.4 Å². The van der Waals surface area contributed by atoms with Crippen molar-refractivity contribution < 1.29 is 19.4 Å². The molecule has 2 N–H and O–H groups in total. The number of fused-ring (bicyclic) bond motifs is 5. The van der Waals surface area contributed by atoms with Crippen molar-refractivity contribution in [2.45, 2.75) is 89.0 Å². The minimum Gasteiger partial charge on any atom is -0.497 e. The van der Waals surface area contributed by atoms with E-state index in [0.29, 0.717) is 23.7 Å². The summed E-state index contributed by atoms with van der Waals surface area (Å²) in [5.74, 6) is 0.0609. The monoisotopic (exact) mass is 624 g/mol. The Morgan fingerprint density at radius 3 is 2.51 bits per heavy atom. The highest BCUT2D eigenvalue weighted by Crippen LogP contribution is 2.48. The number of carbonyl (C=O) groups is 2. The van der Waals surface area contributed by atoms with Crippen LogP contribution in [0.2, 0.25) is 0 Å². The zero-order valence-corrected chi connectivity index (χ0v) is 27.0. The van der Waals surface area contributed by atoms with E-state index in [4.69, 9.17) is 4.74 Å². The van der Waals surface area contributed by atoms with E-state index in [1.807, 2.05) is 22.9 Å². The molecule has 0 unspecified atom stereocenters. The van der Waals surface area contributed by atoms with Gasteiger partial charge in [-0.05, 0) is 103 Å². The predicted molar refractivity (Wildman–Crippen MR) is 180 cm³/mol. The molecule has 2 aromatic heterocycles. The SMILES string of the molecule is COc1ccc2c(c1)C=C(c1c(C(=O)O)cnn1C1CCC1)Cn1c-2c(C2CCCCC2)c2ccc(C(=O)NSC(C)C)cc21. The van der Waals surface area contributed by atoms with Crippen LogP contribution in [0.1, 0.15) is 115 Å². The molecule has 0 bridgehead atoms. The third-order valence-corrected chi connectivity index (χ3v) is 10.5. The van der Waals surface area contributed by atoms with E-state index >= 15 is 0 Å². The first-order valence-electron chi connectivity index (χ1n) is 16.2. The molecule has 3 aliphatic rings. The zero-order chi connectivity index (χ0) is 31.2. The van der Waals surface area contributed by atoms with Gasteiger partial charge in [-0.1, -0.05) is 39.2 Å². The van der Waals surface area contributed by atoms with Crippen LogP contribution in [0.25, 0.3) is 33.8 Å². The van der Waals surface area contributed by atoms with Crippen molar-refractivity contribution in [3.05, 3.63) is 70.5 Å². The second-order valence-electron chi connectivity index (χ2n) is 12.9. The normalized spacial score (nSPS) is 16.9. The second kappa shape index (κ2) is 12.1. The second-order valence-corrected chi connectivity index (χ2v) is 14.3. The summed E-state index contributed by atoms with van der Waals surface area (Å²) in [7, 11) is 1.67. The van der Waals surface area contributed by atoms with E-state index < -0.39 is 5.97 Å². The summed E-state index contributed by atoms with van der Waals surface area (Å²) in [5.41, 5.74) is 7.95. The number of aromatic nitrogens is 3. The van der Waals surface area contributed by atoms with Crippen molar-refractivity contribution in [2.24, 2.45) is 0 Å². The van der Waals surface area contributed by atoms with E-state index in [-0.39, 0.29) is 22.8 Å². The smallest absolute Gasteiger partial charge is 0.339 e. The van der Waals surface area contributed by atoms with Crippen LogP contribution in [0.3, 0.4) is 0 Å². The first-order valence-corrected chi connectivity index (χ1v) is 17.0. The molecule has 3 heterocycles. The third-order valence-electron chi connectivity index (χ3n) is 9.69. The van der Waals surface area contributed by atoms with Crippen LogP contribution in [0.4, 0.5) is 0 Å². The lowest BCUT2D eigenvalue weighted by Gasteiger charge is -2.28. The van der Waals surface area contributed by atoms with E-state index in [1.54, 1.807) is 7.11 Å². The molecule has 2 aliphatic carbocycles. The number of allylic oxidation sites excluding steroid dienone is 1. The van der Waals surface area contributed by atoms with Gasteiger partial charge in [-0.15, -0.1) is 0 Å². The fourth-order valence-corrected chi connectivity index (χ4v) is 7.76. The summed E-state index contributed by atoms with van der Waals surface area (Å²) in [4.78, 5) is 25.9. The summed E-state index contributed by atoms with van der Waals surface area (Å²) < 4.78 is 13.0. The van der Waals surface area contributed by atoms with Crippen molar-refractivity contribution in [1.29, 1.82) is 0 Å². The Hall–Kier alpha value is -3.98. The van der Waals surface area contributed by atoms with Crippen molar-refractivity contribution in [2.75, 3.05) is 7.11 Å². The van der Waals surface area contributed by atoms with Gasteiger partial charge in [0.05, 0.1) is 37.3 Å². The van der Waals surface area contributed by atoms with Crippen LogP contribution in [0, 0.1) is 0 Å². The highest BCUT2D eigenvalue weighted by molar-refractivity contribution is 7.98. The van der Waals surface area contributed by atoms with Crippen LogP contribution < -0.4 is 9.46 Å². The molecule has 0 radical (unpaired) electrons. The number of methoxy groups -OCH3 is 1. The Bertz CT molecular complexity index is 1820. The molecule has 0 spiro atoms. The Kier molecular flexibility index (Phi) is 7.98. The number of carboxylic acid groups (broad SMARTS) is 1. The number of amides is 1.